The second-order valence-electron chi connectivity index (χ2n) is 3.32. The summed E-state index contributed by atoms with van der Waals surface area (Å²) in [4.78, 5) is 0. The molecule has 16 heavy (non-hydrogen) atoms. The molecule has 0 aliphatic heterocycles. The van der Waals surface area contributed by atoms with E-state index in [1.165, 1.54) is 21.5 Å². The van der Waals surface area contributed by atoms with E-state index in [1.54, 1.807) is 0 Å². The Morgan fingerprint density at radius 2 is 1.00 bits per heavy atom. The van der Waals surface area contributed by atoms with Crippen LogP contribution in [0.5, 0.6) is 0 Å². The molecular weight excluding hydrogens is 228 g/mol. The van der Waals surface area contributed by atoms with Crippen molar-refractivity contribution in [2.45, 2.75) is 0 Å². The Hall–Kier alpha value is -0.976. The quantitative estimate of drug-likeness (QED) is 0.399. The molecule has 0 nitrogen and oxygen atoms in total. The molecule has 0 N–H and O–H groups in total. The standard InChI is InChI=1S/C13H9.2CH3.Ti/c1-3-7-12-10(5-1)9-11-6-2-4-8-13(11)12;;;/h1-9H;2*1H3;/q3*-1;+3. The molecule has 0 unspecified atom stereocenters. The van der Waals surface area contributed by atoms with Gasteiger partial charge >= 0.3 is 21.7 Å². The van der Waals surface area contributed by atoms with Crippen molar-refractivity contribution in [2.24, 2.45) is 0 Å². The zero-order chi connectivity index (χ0) is 8.67. The summed E-state index contributed by atoms with van der Waals surface area (Å²) in [5.41, 5.74) is 0. The summed E-state index contributed by atoms with van der Waals surface area (Å²) in [6, 6.07) is 19.3. The minimum atomic E-state index is 0. The molecule has 3 rings (SSSR count). The molecule has 0 saturated heterocycles. The predicted molar refractivity (Wildman–Crippen MR) is 69.9 cm³/mol. The molecular formula is C15H15Ti. The summed E-state index contributed by atoms with van der Waals surface area (Å²) in [7, 11) is 0. The van der Waals surface area contributed by atoms with Gasteiger partial charge in [-0.3, -0.25) is 0 Å². The van der Waals surface area contributed by atoms with E-state index in [0.717, 1.165) is 0 Å². The van der Waals surface area contributed by atoms with E-state index < -0.39 is 0 Å². The van der Waals surface area contributed by atoms with Gasteiger partial charge < -0.3 is 14.9 Å². The van der Waals surface area contributed by atoms with Crippen molar-refractivity contribution in [3.05, 3.63) is 69.5 Å². The Morgan fingerprint density at radius 3 is 1.44 bits per heavy atom. The van der Waals surface area contributed by atoms with Crippen LogP contribution in [0.25, 0.3) is 21.5 Å². The monoisotopic (exact) mass is 243 g/mol. The number of hydrogen-bond donors (Lipinski definition) is 0. The number of fused-ring (bicyclic) bond motifs is 3. The van der Waals surface area contributed by atoms with E-state index in [9.17, 15) is 0 Å². The van der Waals surface area contributed by atoms with Crippen molar-refractivity contribution >= 4 is 21.5 Å². The first kappa shape index (κ1) is 15.0. The maximum absolute atomic E-state index is 2.24. The van der Waals surface area contributed by atoms with E-state index in [1.807, 2.05) is 0 Å². The van der Waals surface area contributed by atoms with Gasteiger partial charge in [-0.2, -0.15) is 0 Å². The Morgan fingerprint density at radius 1 is 0.625 bits per heavy atom. The normalized spacial score (nSPS) is 9.00. The third kappa shape index (κ3) is 2.24. The molecule has 79 valence electrons. The van der Waals surface area contributed by atoms with Crippen molar-refractivity contribution in [1.82, 2.24) is 0 Å². The molecule has 0 saturated carbocycles. The van der Waals surface area contributed by atoms with Crippen LogP contribution in [-0.2, 0) is 21.7 Å². The van der Waals surface area contributed by atoms with Crippen LogP contribution in [0.2, 0.25) is 0 Å². The molecule has 0 aromatic heterocycles. The SMILES string of the molecule is [CH3-].[CH3-].[Ti+3].c1ccc2c(c1)[cH-]c1ccccc12. The summed E-state index contributed by atoms with van der Waals surface area (Å²) < 4.78 is 0. The van der Waals surface area contributed by atoms with Crippen molar-refractivity contribution in [2.75, 3.05) is 0 Å². The van der Waals surface area contributed by atoms with Crippen LogP contribution < -0.4 is 0 Å². The van der Waals surface area contributed by atoms with Crippen LogP contribution in [0.4, 0.5) is 0 Å². The fraction of sp³-hybridized carbons (Fsp3) is 0. The maximum atomic E-state index is 2.24. The van der Waals surface area contributed by atoms with E-state index in [0.29, 0.717) is 0 Å². The van der Waals surface area contributed by atoms with E-state index >= 15 is 0 Å². The molecule has 1 radical (unpaired) electrons. The van der Waals surface area contributed by atoms with Crippen LogP contribution in [0.1, 0.15) is 0 Å². The third-order valence-electron chi connectivity index (χ3n) is 2.52. The van der Waals surface area contributed by atoms with Crippen molar-refractivity contribution in [3.63, 3.8) is 0 Å². The van der Waals surface area contributed by atoms with Gasteiger partial charge in [-0.25, -0.2) is 0 Å². The van der Waals surface area contributed by atoms with Gasteiger partial charge in [-0.05, 0) is 0 Å². The van der Waals surface area contributed by atoms with Crippen molar-refractivity contribution < 1.29 is 21.7 Å². The van der Waals surface area contributed by atoms with Gasteiger partial charge in [-0.15, -0.1) is 39.7 Å². The van der Waals surface area contributed by atoms with Gasteiger partial charge in [0.2, 0.25) is 0 Å². The van der Waals surface area contributed by atoms with Gasteiger partial charge in [0.1, 0.15) is 0 Å². The van der Waals surface area contributed by atoms with Crippen LogP contribution >= 0.6 is 0 Å². The van der Waals surface area contributed by atoms with E-state index in [-0.39, 0.29) is 36.6 Å². The topological polar surface area (TPSA) is 0 Å². The predicted octanol–water partition coefficient (Wildman–Crippen LogP) is 4.61. The molecule has 1 heteroatoms. The molecule has 0 aliphatic rings. The molecule has 0 heterocycles. The van der Waals surface area contributed by atoms with Gasteiger partial charge in [0, 0.05) is 0 Å². The van der Waals surface area contributed by atoms with E-state index in [2.05, 4.69) is 54.6 Å². The Labute approximate surface area is 113 Å². The van der Waals surface area contributed by atoms with Crippen LogP contribution in [0.3, 0.4) is 0 Å². The fourth-order valence-electron chi connectivity index (χ4n) is 1.90. The smallest absolute Gasteiger partial charge is 0.358 e. The first-order chi connectivity index (χ1) is 6.45. The van der Waals surface area contributed by atoms with Crippen molar-refractivity contribution in [1.29, 1.82) is 0 Å². The summed E-state index contributed by atoms with van der Waals surface area (Å²) in [6.07, 6.45) is 0. The van der Waals surface area contributed by atoms with Gasteiger partial charge in [0.05, 0.1) is 0 Å². The van der Waals surface area contributed by atoms with Crippen molar-refractivity contribution in [3.8, 4) is 0 Å². The first-order valence-corrected chi connectivity index (χ1v) is 4.48. The minimum Gasteiger partial charge on any atom is -0.358 e. The number of hydrogen-bond acceptors (Lipinski definition) is 0. The molecule has 0 spiro atoms. The average molecular weight is 243 g/mol. The molecule has 0 amide bonds. The van der Waals surface area contributed by atoms with E-state index in [4.69, 9.17) is 0 Å². The molecule has 0 aliphatic carbocycles. The molecule has 0 bridgehead atoms. The first-order valence-electron chi connectivity index (χ1n) is 4.48. The Bertz CT molecular complexity index is 513. The largest absolute Gasteiger partial charge is 3.00 e. The number of benzene rings is 2. The fourth-order valence-corrected chi connectivity index (χ4v) is 1.90. The summed E-state index contributed by atoms with van der Waals surface area (Å²) in [5, 5.41) is 5.39. The molecule has 0 fully saturated rings. The Balaban J connectivity index is 0.000000750. The zero-order valence-electron chi connectivity index (χ0n) is 9.70. The zero-order valence-corrected chi connectivity index (χ0v) is 11.3. The van der Waals surface area contributed by atoms with Gasteiger partial charge in [0.25, 0.3) is 0 Å². The Kier molecular flexibility index (Phi) is 5.57. The van der Waals surface area contributed by atoms with Gasteiger partial charge in [-0.1, -0.05) is 36.4 Å². The molecule has 3 aromatic rings. The van der Waals surface area contributed by atoms with Gasteiger partial charge in [0.15, 0.2) is 0 Å². The number of rotatable bonds is 0. The third-order valence-corrected chi connectivity index (χ3v) is 2.52. The van der Waals surface area contributed by atoms with Crippen LogP contribution in [0.15, 0.2) is 54.6 Å². The molecule has 3 aromatic carbocycles. The maximum Gasteiger partial charge on any atom is 3.00 e. The summed E-state index contributed by atoms with van der Waals surface area (Å²) in [5.74, 6) is 0. The minimum absolute atomic E-state index is 0. The summed E-state index contributed by atoms with van der Waals surface area (Å²) in [6.45, 7) is 0. The summed E-state index contributed by atoms with van der Waals surface area (Å²) >= 11 is 0. The molecule has 0 atom stereocenters. The second kappa shape index (κ2) is 5.93. The average Bonchev–Trinajstić information content (AvgIpc) is 2.56. The van der Waals surface area contributed by atoms with Crippen LogP contribution in [-0.4, -0.2) is 0 Å². The van der Waals surface area contributed by atoms with Crippen LogP contribution in [0, 0.1) is 14.9 Å². The second-order valence-corrected chi connectivity index (χ2v) is 3.32.